The molecule has 0 bridgehead atoms. The maximum Gasteiger partial charge on any atom is 0.345 e. The molecule has 0 spiro atoms. The number of rotatable bonds is 1. The molecule has 58 valence electrons. The molecule has 1 aliphatic heterocycles. The second kappa shape index (κ2) is 2.53. The lowest BCUT2D eigenvalue weighted by atomic mass is 10.2. The molecule has 0 saturated heterocycles. The highest BCUT2D eigenvalue weighted by Gasteiger charge is 2.17. The van der Waals surface area contributed by atoms with Crippen LogP contribution in [0.5, 0.6) is 0 Å². The summed E-state index contributed by atoms with van der Waals surface area (Å²) in [6, 6.07) is 1.79. The number of thiophene rings is 1. The lowest BCUT2D eigenvalue weighted by Gasteiger charge is -1.84. The Kier molecular flexibility index (Phi) is 1.65. The van der Waals surface area contributed by atoms with Gasteiger partial charge in [0, 0.05) is 5.75 Å². The van der Waals surface area contributed by atoms with Gasteiger partial charge in [0.15, 0.2) is 0 Å². The molecule has 0 unspecified atom stereocenters. The number of aromatic carboxylic acids is 1. The van der Waals surface area contributed by atoms with Crippen LogP contribution in [-0.4, -0.2) is 16.8 Å². The van der Waals surface area contributed by atoms with Gasteiger partial charge in [-0.2, -0.15) is 0 Å². The van der Waals surface area contributed by atoms with Crippen molar-refractivity contribution in [2.75, 3.05) is 5.75 Å². The second-order valence-electron chi connectivity index (χ2n) is 2.33. The van der Waals surface area contributed by atoms with Crippen molar-refractivity contribution >= 4 is 29.1 Å². The van der Waals surface area contributed by atoms with E-state index in [9.17, 15) is 4.79 Å². The molecule has 1 aromatic rings. The minimum Gasteiger partial charge on any atom is -0.477 e. The Morgan fingerprint density at radius 2 is 2.45 bits per heavy atom. The Balaban J connectivity index is 2.42. The van der Waals surface area contributed by atoms with Crippen LogP contribution in [0.3, 0.4) is 0 Å². The Hall–Kier alpha value is -0.480. The van der Waals surface area contributed by atoms with Crippen molar-refractivity contribution in [3.05, 3.63) is 16.5 Å². The van der Waals surface area contributed by atoms with Crippen molar-refractivity contribution in [1.29, 1.82) is 0 Å². The summed E-state index contributed by atoms with van der Waals surface area (Å²) < 4.78 is 1.20. The molecule has 11 heavy (non-hydrogen) atoms. The molecule has 1 N–H and O–H groups in total. The molecule has 0 fully saturated rings. The summed E-state index contributed by atoms with van der Waals surface area (Å²) >= 11 is 3.15. The van der Waals surface area contributed by atoms with E-state index >= 15 is 0 Å². The largest absolute Gasteiger partial charge is 0.477 e. The van der Waals surface area contributed by atoms with E-state index in [2.05, 4.69) is 0 Å². The summed E-state index contributed by atoms with van der Waals surface area (Å²) in [7, 11) is 0. The van der Waals surface area contributed by atoms with E-state index in [0.29, 0.717) is 4.88 Å². The Morgan fingerprint density at radius 1 is 1.64 bits per heavy atom. The smallest absolute Gasteiger partial charge is 0.345 e. The van der Waals surface area contributed by atoms with Crippen molar-refractivity contribution in [3.8, 4) is 0 Å². The standard InChI is InChI=1S/C7H6O2S2/c8-6(9)5-3-4-1-2-10-7(4)11-5/h3H,1-2H2,(H,8,9). The Labute approximate surface area is 72.2 Å². The van der Waals surface area contributed by atoms with Gasteiger partial charge in [-0.15, -0.1) is 23.1 Å². The highest BCUT2D eigenvalue weighted by molar-refractivity contribution is 8.01. The van der Waals surface area contributed by atoms with Gasteiger partial charge in [-0.05, 0) is 18.1 Å². The normalized spacial score (nSPS) is 14.9. The highest BCUT2D eigenvalue weighted by Crippen LogP contribution is 2.38. The van der Waals surface area contributed by atoms with E-state index in [1.54, 1.807) is 17.8 Å². The molecule has 2 rings (SSSR count). The Bertz CT molecular complexity index is 282. The maximum absolute atomic E-state index is 10.5. The zero-order valence-electron chi connectivity index (χ0n) is 5.66. The zero-order chi connectivity index (χ0) is 7.84. The Morgan fingerprint density at radius 3 is 3.09 bits per heavy atom. The van der Waals surface area contributed by atoms with Crippen LogP contribution in [0.1, 0.15) is 15.2 Å². The summed E-state index contributed by atoms with van der Waals surface area (Å²) in [4.78, 5) is 11.0. The number of hydrogen-bond donors (Lipinski definition) is 1. The van der Waals surface area contributed by atoms with Gasteiger partial charge in [0.25, 0.3) is 0 Å². The minimum absolute atomic E-state index is 0.474. The van der Waals surface area contributed by atoms with Crippen molar-refractivity contribution in [2.45, 2.75) is 10.6 Å². The summed E-state index contributed by atoms with van der Waals surface area (Å²) in [5.74, 6) is 0.311. The van der Waals surface area contributed by atoms with Gasteiger partial charge >= 0.3 is 5.97 Å². The highest BCUT2D eigenvalue weighted by atomic mass is 32.2. The fraction of sp³-hybridized carbons (Fsp3) is 0.286. The van der Waals surface area contributed by atoms with E-state index in [4.69, 9.17) is 5.11 Å². The number of carboxylic acids is 1. The SMILES string of the molecule is O=C(O)c1cc2c(s1)SCC2. The van der Waals surface area contributed by atoms with E-state index in [1.807, 2.05) is 0 Å². The topological polar surface area (TPSA) is 37.3 Å². The number of thioether (sulfide) groups is 1. The molecule has 0 aromatic carbocycles. The number of carboxylic acid groups (broad SMARTS) is 1. The van der Waals surface area contributed by atoms with Gasteiger partial charge in [0.05, 0.1) is 4.21 Å². The van der Waals surface area contributed by atoms with Crippen molar-refractivity contribution in [2.24, 2.45) is 0 Å². The molecule has 0 saturated carbocycles. The minimum atomic E-state index is -0.801. The molecule has 1 aromatic heterocycles. The van der Waals surface area contributed by atoms with Gasteiger partial charge in [-0.1, -0.05) is 0 Å². The molecule has 2 heterocycles. The summed E-state index contributed by atoms with van der Waals surface area (Å²) in [6.07, 6.45) is 1.03. The molecule has 0 amide bonds. The van der Waals surface area contributed by atoms with Crippen molar-refractivity contribution in [1.82, 2.24) is 0 Å². The van der Waals surface area contributed by atoms with Gasteiger partial charge in [-0.3, -0.25) is 0 Å². The van der Waals surface area contributed by atoms with Crippen LogP contribution >= 0.6 is 23.1 Å². The lowest BCUT2D eigenvalue weighted by Crippen LogP contribution is -1.90. The number of fused-ring (bicyclic) bond motifs is 1. The van der Waals surface area contributed by atoms with Crippen LogP contribution in [-0.2, 0) is 6.42 Å². The van der Waals surface area contributed by atoms with E-state index < -0.39 is 5.97 Å². The van der Waals surface area contributed by atoms with Crippen LogP contribution in [0.4, 0.5) is 0 Å². The lowest BCUT2D eigenvalue weighted by molar-refractivity contribution is 0.0702. The van der Waals surface area contributed by atoms with Gasteiger partial charge in [0.1, 0.15) is 4.88 Å². The molecule has 4 heteroatoms. The predicted octanol–water partition coefficient (Wildman–Crippen LogP) is 2.09. The fourth-order valence-electron chi connectivity index (χ4n) is 1.07. The zero-order valence-corrected chi connectivity index (χ0v) is 7.30. The van der Waals surface area contributed by atoms with E-state index in [-0.39, 0.29) is 0 Å². The third-order valence-electron chi connectivity index (χ3n) is 1.59. The molecular weight excluding hydrogens is 180 g/mol. The van der Waals surface area contributed by atoms with Crippen LogP contribution < -0.4 is 0 Å². The first kappa shape index (κ1) is 7.18. The molecular formula is C7H6O2S2. The van der Waals surface area contributed by atoms with Crippen LogP contribution in [0, 0.1) is 0 Å². The third-order valence-corrected chi connectivity index (χ3v) is 4.08. The number of hydrogen-bond acceptors (Lipinski definition) is 3. The van der Waals surface area contributed by atoms with Gasteiger partial charge in [0.2, 0.25) is 0 Å². The number of carbonyl (C=O) groups is 1. The van der Waals surface area contributed by atoms with Gasteiger partial charge in [-0.25, -0.2) is 4.79 Å². The van der Waals surface area contributed by atoms with E-state index in [0.717, 1.165) is 12.2 Å². The first-order chi connectivity index (χ1) is 5.27. The summed E-state index contributed by atoms with van der Waals surface area (Å²) in [5.41, 5.74) is 1.22. The van der Waals surface area contributed by atoms with Gasteiger partial charge < -0.3 is 5.11 Å². The molecule has 0 radical (unpaired) electrons. The molecule has 0 atom stereocenters. The summed E-state index contributed by atoms with van der Waals surface area (Å²) in [6.45, 7) is 0. The van der Waals surface area contributed by atoms with Crippen molar-refractivity contribution < 1.29 is 9.90 Å². The molecule has 2 nitrogen and oxygen atoms in total. The predicted molar refractivity (Wildman–Crippen MR) is 45.7 cm³/mol. The average molecular weight is 186 g/mol. The quantitative estimate of drug-likeness (QED) is 0.729. The molecule has 1 aliphatic rings. The number of aryl methyl sites for hydroxylation is 1. The average Bonchev–Trinajstić information content (AvgIpc) is 2.40. The van der Waals surface area contributed by atoms with E-state index in [1.165, 1.54) is 21.1 Å². The van der Waals surface area contributed by atoms with Crippen LogP contribution in [0.15, 0.2) is 10.3 Å². The van der Waals surface area contributed by atoms with Crippen LogP contribution in [0.25, 0.3) is 0 Å². The second-order valence-corrected chi connectivity index (χ2v) is 4.74. The summed E-state index contributed by atoms with van der Waals surface area (Å²) in [5, 5.41) is 8.64. The third kappa shape index (κ3) is 1.16. The first-order valence-electron chi connectivity index (χ1n) is 3.26. The fourth-order valence-corrected chi connectivity index (χ4v) is 3.46. The van der Waals surface area contributed by atoms with Crippen molar-refractivity contribution in [3.63, 3.8) is 0 Å². The first-order valence-corrected chi connectivity index (χ1v) is 5.06. The maximum atomic E-state index is 10.5. The van der Waals surface area contributed by atoms with Crippen LogP contribution in [0.2, 0.25) is 0 Å². The molecule has 0 aliphatic carbocycles. The monoisotopic (exact) mass is 186 g/mol.